The molecule has 1 unspecified atom stereocenters. The Labute approximate surface area is 244 Å². The summed E-state index contributed by atoms with van der Waals surface area (Å²) in [6.07, 6.45) is -0.0857. The van der Waals surface area contributed by atoms with E-state index in [-0.39, 0.29) is 40.9 Å². The van der Waals surface area contributed by atoms with Gasteiger partial charge in [0.1, 0.15) is 11.6 Å². The molecule has 3 N–H and O–H groups in total. The van der Waals surface area contributed by atoms with E-state index in [0.29, 0.717) is 29.7 Å². The standard InChI is InChI=1S/C33H29FN2O5S/c34-26-14-10-24(11-15-26)31(38)21-20-30-32(25-12-18-28(37)19-13-25)36(33(30)39)27-16-8-23(9-17-27)5-4-22-35-42(40,41)29-6-2-1-3-7-29/h1-3,6-19,30-32,35,37-38H,20-22H2/t30-,31+,32?/m1/s1. The van der Waals surface area contributed by atoms with Crippen molar-refractivity contribution in [3.8, 4) is 17.6 Å². The van der Waals surface area contributed by atoms with E-state index in [0.717, 1.165) is 5.56 Å². The van der Waals surface area contributed by atoms with Gasteiger partial charge in [-0.05, 0) is 84.6 Å². The Bertz CT molecular complexity index is 1700. The highest BCUT2D eigenvalue weighted by molar-refractivity contribution is 7.89. The normalized spacial score (nSPS) is 17.2. The van der Waals surface area contributed by atoms with E-state index < -0.39 is 16.1 Å². The number of benzene rings is 4. The minimum atomic E-state index is -3.65. The average molecular weight is 585 g/mol. The predicted molar refractivity (Wildman–Crippen MR) is 157 cm³/mol. The first-order valence-electron chi connectivity index (χ1n) is 13.4. The maximum absolute atomic E-state index is 13.4. The van der Waals surface area contributed by atoms with Crippen LogP contribution in [0.1, 0.15) is 41.7 Å². The number of phenolic OH excluding ortho intramolecular Hbond substituents is 1. The fourth-order valence-electron chi connectivity index (χ4n) is 5.03. The first-order chi connectivity index (χ1) is 20.2. The van der Waals surface area contributed by atoms with Crippen molar-refractivity contribution in [2.24, 2.45) is 5.92 Å². The number of hydrogen-bond acceptors (Lipinski definition) is 5. The van der Waals surface area contributed by atoms with Gasteiger partial charge in [-0.1, -0.05) is 54.3 Å². The number of aliphatic hydroxyl groups excluding tert-OH is 1. The van der Waals surface area contributed by atoms with Crippen LogP contribution in [-0.2, 0) is 14.8 Å². The molecule has 0 radical (unpaired) electrons. The molecule has 0 aromatic heterocycles. The molecule has 214 valence electrons. The van der Waals surface area contributed by atoms with Gasteiger partial charge in [-0.25, -0.2) is 12.8 Å². The van der Waals surface area contributed by atoms with Gasteiger partial charge < -0.3 is 15.1 Å². The molecule has 0 aliphatic carbocycles. The van der Waals surface area contributed by atoms with E-state index >= 15 is 0 Å². The molecule has 1 fully saturated rings. The smallest absolute Gasteiger partial charge is 0.241 e. The molecule has 1 saturated heterocycles. The molecular weight excluding hydrogens is 555 g/mol. The average Bonchev–Trinajstić information content (AvgIpc) is 3.00. The van der Waals surface area contributed by atoms with Crippen LogP contribution in [-0.4, -0.2) is 31.1 Å². The van der Waals surface area contributed by atoms with Crippen molar-refractivity contribution in [1.29, 1.82) is 0 Å². The van der Waals surface area contributed by atoms with Crippen molar-refractivity contribution in [2.45, 2.75) is 29.9 Å². The van der Waals surface area contributed by atoms with Gasteiger partial charge in [0.2, 0.25) is 15.9 Å². The van der Waals surface area contributed by atoms with Crippen molar-refractivity contribution in [3.63, 3.8) is 0 Å². The summed E-state index contributed by atoms with van der Waals surface area (Å²) in [7, 11) is -3.65. The molecule has 1 amide bonds. The van der Waals surface area contributed by atoms with Crippen molar-refractivity contribution < 1.29 is 27.8 Å². The number of sulfonamides is 1. The minimum absolute atomic E-state index is 0.0576. The van der Waals surface area contributed by atoms with Gasteiger partial charge in [0.15, 0.2) is 0 Å². The summed E-state index contributed by atoms with van der Waals surface area (Å²) in [6.45, 7) is -0.0576. The Morgan fingerprint density at radius 2 is 1.57 bits per heavy atom. The summed E-state index contributed by atoms with van der Waals surface area (Å²) in [5.41, 5.74) is 2.77. The monoisotopic (exact) mass is 584 g/mol. The lowest BCUT2D eigenvalue weighted by atomic mass is 9.78. The van der Waals surface area contributed by atoms with Crippen LogP contribution in [0.3, 0.4) is 0 Å². The van der Waals surface area contributed by atoms with E-state index in [4.69, 9.17) is 0 Å². The highest BCUT2D eigenvalue weighted by Crippen LogP contribution is 2.46. The van der Waals surface area contributed by atoms with Crippen molar-refractivity contribution >= 4 is 21.6 Å². The molecule has 42 heavy (non-hydrogen) atoms. The molecule has 7 nitrogen and oxygen atoms in total. The fraction of sp³-hybridized carbons (Fsp3) is 0.182. The van der Waals surface area contributed by atoms with Crippen LogP contribution >= 0.6 is 0 Å². The van der Waals surface area contributed by atoms with Crippen LogP contribution in [0, 0.1) is 23.6 Å². The van der Waals surface area contributed by atoms with Gasteiger partial charge >= 0.3 is 0 Å². The lowest BCUT2D eigenvalue weighted by molar-refractivity contribution is -0.131. The number of halogens is 1. The van der Waals surface area contributed by atoms with E-state index in [1.165, 1.54) is 36.4 Å². The van der Waals surface area contributed by atoms with Crippen LogP contribution in [0.5, 0.6) is 5.75 Å². The summed E-state index contributed by atoms with van der Waals surface area (Å²) >= 11 is 0. The highest BCUT2D eigenvalue weighted by Gasteiger charge is 2.48. The summed E-state index contributed by atoms with van der Waals surface area (Å²) < 4.78 is 40.4. The second-order valence-electron chi connectivity index (χ2n) is 9.98. The molecule has 3 atom stereocenters. The molecule has 1 aliphatic rings. The third kappa shape index (κ3) is 6.52. The number of phenols is 1. The van der Waals surface area contributed by atoms with Crippen molar-refractivity contribution in [1.82, 2.24) is 4.72 Å². The van der Waals surface area contributed by atoms with Gasteiger partial charge in [0, 0.05) is 11.3 Å². The second kappa shape index (κ2) is 12.6. The highest BCUT2D eigenvalue weighted by atomic mass is 32.2. The summed E-state index contributed by atoms with van der Waals surface area (Å²) in [4.78, 5) is 15.2. The van der Waals surface area contributed by atoms with Crippen LogP contribution in [0.4, 0.5) is 10.1 Å². The molecular formula is C33H29FN2O5S. The number of carbonyl (C=O) groups is 1. The Morgan fingerprint density at radius 3 is 2.24 bits per heavy atom. The first-order valence-corrected chi connectivity index (χ1v) is 14.9. The van der Waals surface area contributed by atoms with Gasteiger partial charge in [0.05, 0.1) is 29.5 Å². The lowest BCUT2D eigenvalue weighted by Gasteiger charge is -2.48. The van der Waals surface area contributed by atoms with E-state index in [1.54, 1.807) is 71.6 Å². The van der Waals surface area contributed by atoms with Crippen LogP contribution < -0.4 is 9.62 Å². The number of carbonyl (C=O) groups excluding carboxylic acids is 1. The molecule has 9 heteroatoms. The SMILES string of the molecule is O=C1[C@H](CC[C@H](O)c2ccc(F)cc2)C(c2ccc(O)cc2)N1c1ccc(C#CCNS(=O)(=O)c2ccccc2)cc1. The number of rotatable bonds is 9. The molecule has 0 spiro atoms. The third-order valence-corrected chi connectivity index (χ3v) is 8.65. The van der Waals surface area contributed by atoms with E-state index in [2.05, 4.69) is 16.6 Å². The maximum atomic E-state index is 13.4. The fourth-order valence-corrected chi connectivity index (χ4v) is 5.97. The number of aliphatic hydroxyl groups is 1. The molecule has 0 bridgehead atoms. The Hall–Kier alpha value is -4.49. The van der Waals surface area contributed by atoms with E-state index in [1.807, 2.05) is 0 Å². The zero-order chi connectivity index (χ0) is 29.7. The van der Waals surface area contributed by atoms with Crippen molar-refractivity contribution in [2.75, 3.05) is 11.4 Å². The number of β-lactam (4-membered cyclic amide) rings is 1. The van der Waals surface area contributed by atoms with Gasteiger partial charge in [-0.2, -0.15) is 4.72 Å². The number of nitrogens with zero attached hydrogens (tertiary/aromatic N) is 1. The number of nitrogens with one attached hydrogen (secondary N) is 1. The molecule has 4 aromatic carbocycles. The van der Waals surface area contributed by atoms with Gasteiger partial charge in [-0.15, -0.1) is 0 Å². The Morgan fingerprint density at radius 1 is 0.905 bits per heavy atom. The van der Waals surface area contributed by atoms with Gasteiger partial charge in [-0.3, -0.25) is 4.79 Å². The lowest BCUT2D eigenvalue weighted by Crippen LogP contribution is -2.55. The largest absolute Gasteiger partial charge is 0.508 e. The molecule has 0 saturated carbocycles. The Kier molecular flexibility index (Phi) is 8.69. The second-order valence-corrected chi connectivity index (χ2v) is 11.7. The Balaban J connectivity index is 1.27. The summed E-state index contributed by atoms with van der Waals surface area (Å²) in [5.74, 6) is 5.01. The topological polar surface area (TPSA) is 107 Å². The number of anilines is 1. The minimum Gasteiger partial charge on any atom is -0.508 e. The zero-order valence-electron chi connectivity index (χ0n) is 22.5. The van der Waals surface area contributed by atoms with E-state index in [9.17, 15) is 27.8 Å². The quantitative estimate of drug-likeness (QED) is 0.188. The molecule has 1 heterocycles. The summed E-state index contributed by atoms with van der Waals surface area (Å²) in [6, 6.07) is 27.2. The predicted octanol–water partition coefficient (Wildman–Crippen LogP) is 5.08. The van der Waals surface area contributed by atoms with Crippen LogP contribution in [0.25, 0.3) is 0 Å². The van der Waals surface area contributed by atoms with Crippen LogP contribution in [0.15, 0.2) is 108 Å². The molecule has 5 rings (SSSR count). The number of hydrogen-bond donors (Lipinski definition) is 3. The maximum Gasteiger partial charge on any atom is 0.241 e. The molecule has 1 aliphatic heterocycles. The zero-order valence-corrected chi connectivity index (χ0v) is 23.3. The summed E-state index contributed by atoms with van der Waals surface area (Å²) in [5, 5.41) is 20.4. The van der Waals surface area contributed by atoms with Crippen LogP contribution in [0.2, 0.25) is 0 Å². The van der Waals surface area contributed by atoms with Gasteiger partial charge in [0.25, 0.3) is 0 Å². The third-order valence-electron chi connectivity index (χ3n) is 7.24. The first kappa shape index (κ1) is 29.0. The number of amides is 1. The van der Waals surface area contributed by atoms with Crippen molar-refractivity contribution in [3.05, 3.63) is 126 Å². The number of aromatic hydroxyl groups is 1. The molecule has 4 aromatic rings.